The fourth-order valence-electron chi connectivity index (χ4n) is 1.36. The molecule has 1 amide bonds. The van der Waals surface area contributed by atoms with E-state index >= 15 is 0 Å². The Bertz CT molecular complexity index is 231. The minimum atomic E-state index is -1.01. The number of carbonyl (C=O) groups is 2. The topological polar surface area (TPSA) is 57.6 Å². The number of hydrogen-bond acceptors (Lipinski definition) is 2. The second-order valence-corrected chi connectivity index (χ2v) is 4.02. The predicted molar refractivity (Wildman–Crippen MR) is 58.9 cm³/mol. The monoisotopic (exact) mass is 233 g/mol. The van der Waals surface area contributed by atoms with Gasteiger partial charge in [0.15, 0.2) is 0 Å². The molecule has 0 bridgehead atoms. The lowest BCUT2D eigenvalue weighted by Crippen LogP contribution is -2.31. The molecule has 0 aromatic carbocycles. The molecule has 0 aliphatic rings. The van der Waals surface area contributed by atoms with Crippen LogP contribution in [0.3, 0.4) is 0 Å². The standard InChI is InChI=1S/C11H20FNO3/c1-9(12)6-4-3-5-7-10(14)13(2)8-11(15)16/h9H,3-8H2,1-2H3,(H,15,16). The maximum atomic E-state index is 12.4. The van der Waals surface area contributed by atoms with Crippen molar-refractivity contribution in [3.05, 3.63) is 0 Å². The molecule has 4 nitrogen and oxygen atoms in total. The Hall–Kier alpha value is -1.13. The van der Waals surface area contributed by atoms with Crippen LogP contribution in [0.15, 0.2) is 0 Å². The Morgan fingerprint density at radius 3 is 2.44 bits per heavy atom. The number of carboxylic acids is 1. The van der Waals surface area contributed by atoms with E-state index in [1.54, 1.807) is 0 Å². The first-order chi connectivity index (χ1) is 7.43. The van der Waals surface area contributed by atoms with Crippen LogP contribution in [0.1, 0.15) is 39.0 Å². The summed E-state index contributed by atoms with van der Waals surface area (Å²) in [5.74, 6) is -1.18. The molecule has 1 unspecified atom stereocenters. The van der Waals surface area contributed by atoms with E-state index in [9.17, 15) is 14.0 Å². The highest BCUT2D eigenvalue weighted by Gasteiger charge is 2.11. The molecule has 0 saturated heterocycles. The van der Waals surface area contributed by atoms with E-state index in [-0.39, 0.29) is 12.5 Å². The molecule has 16 heavy (non-hydrogen) atoms. The van der Waals surface area contributed by atoms with E-state index < -0.39 is 12.1 Å². The van der Waals surface area contributed by atoms with E-state index in [1.165, 1.54) is 18.9 Å². The number of rotatable bonds is 8. The number of carboxylic acid groups (broad SMARTS) is 1. The third-order valence-electron chi connectivity index (χ3n) is 2.29. The minimum absolute atomic E-state index is 0.171. The molecule has 5 heteroatoms. The van der Waals surface area contributed by atoms with E-state index in [4.69, 9.17) is 5.11 Å². The van der Waals surface area contributed by atoms with E-state index in [0.717, 1.165) is 12.8 Å². The summed E-state index contributed by atoms with van der Waals surface area (Å²) < 4.78 is 12.4. The number of hydrogen-bond donors (Lipinski definition) is 1. The Morgan fingerprint density at radius 2 is 1.94 bits per heavy atom. The SMILES string of the molecule is CC(F)CCCCCC(=O)N(C)CC(=O)O. The van der Waals surface area contributed by atoms with Crippen LogP contribution >= 0.6 is 0 Å². The summed E-state index contributed by atoms with van der Waals surface area (Å²) in [6.07, 6.45) is 2.35. The fraction of sp³-hybridized carbons (Fsp3) is 0.818. The average molecular weight is 233 g/mol. The summed E-state index contributed by atoms with van der Waals surface area (Å²) >= 11 is 0. The second-order valence-electron chi connectivity index (χ2n) is 4.02. The molecule has 1 N–H and O–H groups in total. The predicted octanol–water partition coefficient (Wildman–Crippen LogP) is 1.84. The summed E-state index contributed by atoms with van der Waals surface area (Å²) in [4.78, 5) is 22.9. The first-order valence-electron chi connectivity index (χ1n) is 5.53. The molecule has 0 aliphatic heterocycles. The summed E-state index contributed by atoms with van der Waals surface area (Å²) in [5.41, 5.74) is 0. The van der Waals surface area contributed by atoms with Gasteiger partial charge in [0.25, 0.3) is 0 Å². The first kappa shape index (κ1) is 14.9. The zero-order valence-corrected chi connectivity index (χ0v) is 9.91. The molecule has 0 aromatic rings. The summed E-state index contributed by atoms with van der Waals surface area (Å²) in [5, 5.41) is 8.47. The highest BCUT2D eigenvalue weighted by Crippen LogP contribution is 2.08. The Morgan fingerprint density at radius 1 is 1.31 bits per heavy atom. The first-order valence-corrected chi connectivity index (χ1v) is 5.53. The Labute approximate surface area is 95.4 Å². The highest BCUT2D eigenvalue weighted by atomic mass is 19.1. The van der Waals surface area contributed by atoms with Crippen LogP contribution in [-0.2, 0) is 9.59 Å². The van der Waals surface area contributed by atoms with Gasteiger partial charge in [-0.3, -0.25) is 9.59 Å². The highest BCUT2D eigenvalue weighted by molar-refractivity contribution is 5.80. The van der Waals surface area contributed by atoms with Crippen molar-refractivity contribution in [1.29, 1.82) is 0 Å². The Kier molecular flexibility index (Phi) is 7.50. The molecular formula is C11H20FNO3. The van der Waals surface area contributed by atoms with E-state index in [0.29, 0.717) is 19.3 Å². The molecule has 0 aliphatic carbocycles. The molecule has 0 fully saturated rings. The third-order valence-corrected chi connectivity index (χ3v) is 2.29. The van der Waals surface area contributed by atoms with Crippen molar-refractivity contribution in [3.63, 3.8) is 0 Å². The van der Waals surface area contributed by atoms with Crippen LogP contribution in [0.2, 0.25) is 0 Å². The van der Waals surface area contributed by atoms with Crippen LogP contribution in [0.5, 0.6) is 0 Å². The number of unbranched alkanes of at least 4 members (excludes halogenated alkanes) is 2. The maximum Gasteiger partial charge on any atom is 0.323 e. The minimum Gasteiger partial charge on any atom is -0.480 e. The summed E-state index contributed by atoms with van der Waals surface area (Å²) in [6.45, 7) is 1.26. The van der Waals surface area contributed by atoms with Crippen molar-refractivity contribution in [1.82, 2.24) is 4.90 Å². The lowest BCUT2D eigenvalue weighted by atomic mass is 10.1. The molecule has 94 valence electrons. The van der Waals surface area contributed by atoms with Crippen molar-refractivity contribution in [2.75, 3.05) is 13.6 Å². The van der Waals surface area contributed by atoms with E-state index in [2.05, 4.69) is 0 Å². The molecule has 0 spiro atoms. The van der Waals surface area contributed by atoms with Crippen LogP contribution in [0, 0.1) is 0 Å². The van der Waals surface area contributed by atoms with Crippen molar-refractivity contribution in [2.24, 2.45) is 0 Å². The summed E-state index contributed by atoms with van der Waals surface area (Å²) in [7, 11) is 1.47. The van der Waals surface area contributed by atoms with Gasteiger partial charge in [0.2, 0.25) is 5.91 Å². The van der Waals surface area contributed by atoms with Gasteiger partial charge in [-0.2, -0.15) is 0 Å². The van der Waals surface area contributed by atoms with Gasteiger partial charge in [-0.25, -0.2) is 4.39 Å². The van der Waals surface area contributed by atoms with Crippen LogP contribution < -0.4 is 0 Å². The van der Waals surface area contributed by atoms with Crippen molar-refractivity contribution in [3.8, 4) is 0 Å². The molecule has 0 radical (unpaired) electrons. The van der Waals surface area contributed by atoms with Gasteiger partial charge in [-0.15, -0.1) is 0 Å². The number of carbonyl (C=O) groups excluding carboxylic acids is 1. The second kappa shape index (κ2) is 8.07. The number of likely N-dealkylation sites (N-methyl/N-ethyl adjacent to an activating group) is 1. The fourth-order valence-corrected chi connectivity index (χ4v) is 1.36. The van der Waals surface area contributed by atoms with Gasteiger partial charge in [0.05, 0.1) is 6.17 Å². The van der Waals surface area contributed by atoms with Gasteiger partial charge in [0, 0.05) is 13.5 Å². The molecule has 0 aromatic heterocycles. The number of alkyl halides is 1. The molecule has 0 heterocycles. The normalized spacial score (nSPS) is 12.2. The van der Waals surface area contributed by atoms with Crippen LogP contribution in [0.25, 0.3) is 0 Å². The van der Waals surface area contributed by atoms with Crippen molar-refractivity contribution >= 4 is 11.9 Å². The maximum absolute atomic E-state index is 12.4. The lowest BCUT2D eigenvalue weighted by molar-refractivity contribution is -0.143. The van der Waals surface area contributed by atoms with Crippen LogP contribution in [-0.4, -0.2) is 41.6 Å². The van der Waals surface area contributed by atoms with Gasteiger partial charge in [-0.1, -0.05) is 12.8 Å². The molecule has 0 rings (SSSR count). The number of aliphatic carboxylic acids is 1. The largest absolute Gasteiger partial charge is 0.480 e. The summed E-state index contributed by atoms with van der Waals surface area (Å²) in [6, 6.07) is 0. The Balaban J connectivity index is 3.53. The molecule has 1 atom stereocenters. The third kappa shape index (κ3) is 8.20. The molecular weight excluding hydrogens is 213 g/mol. The number of amides is 1. The lowest BCUT2D eigenvalue weighted by Gasteiger charge is -2.14. The van der Waals surface area contributed by atoms with Gasteiger partial charge in [-0.05, 0) is 19.8 Å². The van der Waals surface area contributed by atoms with E-state index in [1.807, 2.05) is 0 Å². The molecule has 0 saturated carbocycles. The zero-order valence-electron chi connectivity index (χ0n) is 9.91. The average Bonchev–Trinajstić information content (AvgIpc) is 2.15. The van der Waals surface area contributed by atoms with Gasteiger partial charge in [0.1, 0.15) is 6.54 Å². The zero-order chi connectivity index (χ0) is 12.6. The number of halogens is 1. The quantitative estimate of drug-likeness (QED) is 0.651. The van der Waals surface area contributed by atoms with Crippen molar-refractivity contribution in [2.45, 2.75) is 45.2 Å². The van der Waals surface area contributed by atoms with Crippen LogP contribution in [0.4, 0.5) is 4.39 Å². The van der Waals surface area contributed by atoms with Crippen molar-refractivity contribution < 1.29 is 19.1 Å². The van der Waals surface area contributed by atoms with Gasteiger partial charge >= 0.3 is 5.97 Å². The van der Waals surface area contributed by atoms with Gasteiger partial charge < -0.3 is 10.0 Å². The number of nitrogens with zero attached hydrogens (tertiary/aromatic N) is 1. The smallest absolute Gasteiger partial charge is 0.323 e.